The van der Waals surface area contributed by atoms with E-state index in [0.717, 1.165) is 29.8 Å². The topological polar surface area (TPSA) is 81.5 Å². The average Bonchev–Trinajstić information content (AvgIpc) is 3.48. The molecule has 1 fully saturated rings. The normalized spacial score (nSPS) is 23.7. The summed E-state index contributed by atoms with van der Waals surface area (Å²) in [6.07, 6.45) is 1.51. The number of nitrogens with zero attached hydrogens (tertiary/aromatic N) is 4. The van der Waals surface area contributed by atoms with Crippen LogP contribution in [0.3, 0.4) is 0 Å². The third-order valence-electron chi connectivity index (χ3n) is 6.22. The van der Waals surface area contributed by atoms with E-state index in [9.17, 15) is 13.6 Å². The Hall–Kier alpha value is -2.33. The van der Waals surface area contributed by atoms with Crippen LogP contribution in [0.25, 0.3) is 5.69 Å². The number of benzene rings is 1. The molecule has 2 aromatic heterocycles. The first-order valence-corrected chi connectivity index (χ1v) is 12.7. The predicted octanol–water partition coefficient (Wildman–Crippen LogP) is 3.83. The Morgan fingerprint density at radius 2 is 1.97 bits per heavy atom. The van der Waals surface area contributed by atoms with Crippen molar-refractivity contribution in [2.24, 2.45) is 0 Å². The molecule has 3 atom stereocenters. The van der Waals surface area contributed by atoms with Crippen LogP contribution in [-0.4, -0.2) is 48.6 Å². The van der Waals surface area contributed by atoms with Gasteiger partial charge >= 0.3 is 0 Å². The molecule has 7 nitrogen and oxygen atoms in total. The summed E-state index contributed by atoms with van der Waals surface area (Å²) in [6, 6.07) is 12.7. The molecule has 4 heterocycles. The number of aryl methyl sites for hydroxylation is 1. The van der Waals surface area contributed by atoms with Gasteiger partial charge in [0.25, 0.3) is 5.91 Å². The molecule has 0 saturated carbocycles. The van der Waals surface area contributed by atoms with Gasteiger partial charge in [0.15, 0.2) is 10.4 Å². The number of para-hydroxylation sites is 1. The SMILES string of the molecule is Cc1nn(-c2ccccc2)c2c1C(C)N(C1CCCN([S+](=O)([O-])c3cccs3)C1)C2=O. The molecule has 2 aliphatic heterocycles. The first kappa shape index (κ1) is 20.6. The fraction of sp³-hybridized carbons (Fsp3) is 0.364. The Labute approximate surface area is 186 Å². The van der Waals surface area contributed by atoms with Crippen LogP contribution in [0.4, 0.5) is 0 Å². The van der Waals surface area contributed by atoms with E-state index in [-0.39, 0.29) is 18.0 Å². The number of hydrogen-bond acceptors (Lipinski definition) is 5. The lowest BCUT2D eigenvalue weighted by Gasteiger charge is -2.39. The maximum Gasteiger partial charge on any atom is 0.273 e. The van der Waals surface area contributed by atoms with Crippen LogP contribution in [0.2, 0.25) is 0 Å². The molecule has 0 radical (unpaired) electrons. The third kappa shape index (κ3) is 3.27. The van der Waals surface area contributed by atoms with Gasteiger partial charge in [0.1, 0.15) is 5.69 Å². The molecule has 3 unspecified atom stereocenters. The number of rotatable bonds is 4. The van der Waals surface area contributed by atoms with Crippen molar-refractivity contribution >= 4 is 27.6 Å². The maximum atomic E-state index is 13.6. The fourth-order valence-corrected chi connectivity index (χ4v) is 7.48. The smallest absolute Gasteiger partial charge is 0.273 e. The number of fused-ring (bicyclic) bond motifs is 1. The highest BCUT2D eigenvalue weighted by Crippen LogP contribution is 2.40. The second-order valence-electron chi connectivity index (χ2n) is 8.07. The van der Waals surface area contributed by atoms with Crippen molar-refractivity contribution in [3.63, 3.8) is 0 Å². The number of aromatic nitrogens is 2. The van der Waals surface area contributed by atoms with Crippen molar-refractivity contribution in [2.75, 3.05) is 13.1 Å². The summed E-state index contributed by atoms with van der Waals surface area (Å²) >= 11 is 1.23. The number of hydrogen-bond donors (Lipinski definition) is 0. The molecule has 1 amide bonds. The van der Waals surface area contributed by atoms with Gasteiger partial charge in [-0.15, -0.1) is 4.31 Å². The Morgan fingerprint density at radius 1 is 1.19 bits per heavy atom. The zero-order valence-electron chi connectivity index (χ0n) is 17.4. The molecule has 162 valence electrons. The Balaban J connectivity index is 1.46. The van der Waals surface area contributed by atoms with Gasteiger partial charge in [-0.05, 0) is 50.3 Å². The van der Waals surface area contributed by atoms with Crippen molar-refractivity contribution in [3.05, 3.63) is 64.8 Å². The molecule has 0 aliphatic carbocycles. The number of sulfonamides is 1. The first-order valence-electron chi connectivity index (χ1n) is 10.4. The number of thiophene rings is 1. The molecular weight excluding hydrogens is 432 g/mol. The number of piperidine rings is 1. The van der Waals surface area contributed by atoms with E-state index in [1.165, 1.54) is 15.6 Å². The molecule has 0 N–H and O–H groups in total. The minimum absolute atomic E-state index is 0.0766. The highest BCUT2D eigenvalue weighted by atomic mass is 32.3. The molecular formula is C22H24N4O3S2. The third-order valence-corrected chi connectivity index (χ3v) is 9.46. The molecule has 31 heavy (non-hydrogen) atoms. The second kappa shape index (κ2) is 7.67. The maximum absolute atomic E-state index is 13.6. The van der Waals surface area contributed by atoms with Gasteiger partial charge in [-0.25, -0.2) is 4.68 Å². The summed E-state index contributed by atoms with van der Waals surface area (Å²) in [5.41, 5.74) is 3.21. The van der Waals surface area contributed by atoms with Gasteiger partial charge in [0, 0.05) is 24.2 Å². The van der Waals surface area contributed by atoms with Gasteiger partial charge in [0.05, 0.1) is 24.0 Å². The Kier molecular flexibility index (Phi) is 5.09. The van der Waals surface area contributed by atoms with E-state index in [1.54, 1.807) is 22.2 Å². The van der Waals surface area contributed by atoms with Crippen LogP contribution in [-0.2, 0) is 14.6 Å². The monoisotopic (exact) mass is 456 g/mol. The number of carbonyl (C=O) groups is 1. The molecule has 5 rings (SSSR count). The van der Waals surface area contributed by atoms with Crippen LogP contribution in [0.15, 0.2) is 52.1 Å². The molecule has 1 saturated heterocycles. The predicted molar refractivity (Wildman–Crippen MR) is 119 cm³/mol. The minimum atomic E-state index is -3.53. The van der Waals surface area contributed by atoms with E-state index in [2.05, 4.69) is 5.10 Å². The summed E-state index contributed by atoms with van der Waals surface area (Å²) in [5.74, 6) is -0.0766. The molecule has 2 aliphatic rings. The summed E-state index contributed by atoms with van der Waals surface area (Å²) in [4.78, 5) is 15.5. The highest BCUT2D eigenvalue weighted by Gasteiger charge is 2.46. The lowest BCUT2D eigenvalue weighted by molar-refractivity contribution is 0.0548. The van der Waals surface area contributed by atoms with E-state index in [1.807, 2.05) is 49.1 Å². The Morgan fingerprint density at radius 3 is 2.68 bits per heavy atom. The van der Waals surface area contributed by atoms with Crippen molar-refractivity contribution in [3.8, 4) is 5.69 Å². The van der Waals surface area contributed by atoms with Crippen molar-refractivity contribution in [1.29, 1.82) is 0 Å². The fourth-order valence-electron chi connectivity index (χ4n) is 4.82. The van der Waals surface area contributed by atoms with Gasteiger partial charge in [-0.2, -0.15) is 5.10 Å². The van der Waals surface area contributed by atoms with Crippen molar-refractivity contribution in [2.45, 2.75) is 43.0 Å². The van der Waals surface area contributed by atoms with Crippen LogP contribution < -0.4 is 0 Å². The molecule has 9 heteroatoms. The van der Waals surface area contributed by atoms with E-state index >= 15 is 0 Å². The van der Waals surface area contributed by atoms with Crippen LogP contribution in [0.1, 0.15) is 47.6 Å². The van der Waals surface area contributed by atoms with Gasteiger partial charge in [0.2, 0.25) is 4.21 Å². The van der Waals surface area contributed by atoms with Crippen molar-refractivity contribution in [1.82, 2.24) is 19.0 Å². The minimum Gasteiger partial charge on any atom is -0.592 e. The number of carbonyl (C=O) groups excluding carboxylic acids is 1. The zero-order valence-corrected chi connectivity index (χ0v) is 19.1. The summed E-state index contributed by atoms with van der Waals surface area (Å²) < 4.78 is 29.7. The van der Waals surface area contributed by atoms with E-state index < -0.39 is 10.4 Å². The molecule has 0 spiro atoms. The summed E-state index contributed by atoms with van der Waals surface area (Å²) in [6.45, 7) is 4.75. The van der Waals surface area contributed by atoms with Gasteiger partial charge in [-0.3, -0.25) is 4.79 Å². The van der Waals surface area contributed by atoms with Crippen molar-refractivity contribution < 1.29 is 13.6 Å². The van der Waals surface area contributed by atoms with Crippen LogP contribution in [0, 0.1) is 6.92 Å². The van der Waals surface area contributed by atoms with E-state index in [0.29, 0.717) is 23.0 Å². The first-order chi connectivity index (χ1) is 14.9. The van der Waals surface area contributed by atoms with Gasteiger partial charge in [-0.1, -0.05) is 33.7 Å². The standard InChI is InChI=1S/C22H24N4O3S2/c1-15-20-16(2)25(22(27)21(20)26(23-15)17-8-4-3-5-9-17)18-10-6-12-24(14-18)31(28,29)19-11-7-13-30-19/h3-5,7-9,11,13,16,18H,6,10,12,14H2,1-2H3. The number of amides is 1. The van der Waals surface area contributed by atoms with Gasteiger partial charge < -0.3 is 9.45 Å². The Bertz CT molecular complexity index is 1160. The quantitative estimate of drug-likeness (QED) is 0.559. The lowest BCUT2D eigenvalue weighted by atomic mass is 10.0. The summed E-state index contributed by atoms with van der Waals surface area (Å²) in [7, 11) is -3.53. The largest absolute Gasteiger partial charge is 0.592 e. The van der Waals surface area contributed by atoms with Crippen LogP contribution in [0.5, 0.6) is 0 Å². The average molecular weight is 457 g/mol. The highest BCUT2D eigenvalue weighted by molar-refractivity contribution is 7.97. The van der Waals surface area contributed by atoms with E-state index in [4.69, 9.17) is 0 Å². The molecule has 0 bridgehead atoms. The van der Waals surface area contributed by atoms with Crippen LogP contribution >= 0.6 is 11.3 Å². The zero-order chi connectivity index (χ0) is 21.8. The lowest BCUT2D eigenvalue weighted by Crippen LogP contribution is -2.52. The second-order valence-corrected chi connectivity index (χ2v) is 11.2. The molecule has 3 aromatic rings. The molecule has 1 aromatic carbocycles. The summed E-state index contributed by atoms with van der Waals surface area (Å²) in [5, 5.41) is 6.41.